The molecule has 0 amide bonds. The highest BCUT2D eigenvalue weighted by Crippen LogP contribution is 2.27. The Labute approximate surface area is 97.0 Å². The van der Waals surface area contributed by atoms with Gasteiger partial charge >= 0.3 is 0 Å². The molecular weight excluding hydrogens is 220 g/mol. The predicted molar refractivity (Wildman–Crippen MR) is 64.9 cm³/mol. The molecule has 3 aromatic heterocycles. The summed E-state index contributed by atoms with van der Waals surface area (Å²) >= 11 is 1.75. The predicted octanol–water partition coefficient (Wildman–Crippen LogP) is 2.46. The van der Waals surface area contributed by atoms with E-state index in [1.807, 2.05) is 4.40 Å². The number of thiophene rings is 1. The maximum atomic E-state index is 4.66. The highest BCUT2D eigenvalue weighted by molar-refractivity contribution is 7.18. The average molecular weight is 232 g/mol. The molecule has 0 unspecified atom stereocenters. The molecule has 0 atom stereocenters. The van der Waals surface area contributed by atoms with Crippen molar-refractivity contribution in [3.63, 3.8) is 0 Å². The van der Waals surface area contributed by atoms with Crippen LogP contribution in [0, 0.1) is 0 Å². The molecule has 0 saturated carbocycles. The average Bonchev–Trinajstić information content (AvgIpc) is 2.92. The van der Waals surface area contributed by atoms with Gasteiger partial charge in [-0.1, -0.05) is 13.8 Å². The van der Waals surface area contributed by atoms with Crippen molar-refractivity contribution < 1.29 is 0 Å². The summed E-state index contributed by atoms with van der Waals surface area (Å²) in [6.07, 6.45) is 3.68. The Morgan fingerprint density at radius 1 is 1.31 bits per heavy atom. The number of hydrogen-bond donors (Lipinski definition) is 0. The molecular formula is C11H12N4S. The van der Waals surface area contributed by atoms with Gasteiger partial charge in [0, 0.05) is 11.3 Å². The lowest BCUT2D eigenvalue weighted by molar-refractivity contribution is 0.911. The van der Waals surface area contributed by atoms with Crippen molar-refractivity contribution in [1.82, 2.24) is 19.6 Å². The number of aryl methyl sites for hydroxylation is 2. The van der Waals surface area contributed by atoms with Crippen LogP contribution in [0.2, 0.25) is 0 Å². The van der Waals surface area contributed by atoms with Crippen LogP contribution in [-0.4, -0.2) is 19.6 Å². The minimum atomic E-state index is 0.893. The molecule has 0 radical (unpaired) electrons. The van der Waals surface area contributed by atoms with Gasteiger partial charge in [-0.05, 0) is 12.5 Å². The smallest absolute Gasteiger partial charge is 0.172 e. The molecule has 5 heteroatoms. The van der Waals surface area contributed by atoms with Gasteiger partial charge in [0.1, 0.15) is 17.0 Å². The Kier molecular flexibility index (Phi) is 2.14. The van der Waals surface area contributed by atoms with Crippen molar-refractivity contribution in [3.05, 3.63) is 23.1 Å². The molecule has 82 valence electrons. The third kappa shape index (κ3) is 1.24. The van der Waals surface area contributed by atoms with Crippen LogP contribution < -0.4 is 0 Å². The fraction of sp³-hybridized carbons (Fsp3) is 0.364. The van der Waals surface area contributed by atoms with Crippen LogP contribution in [-0.2, 0) is 12.8 Å². The summed E-state index contributed by atoms with van der Waals surface area (Å²) in [5.74, 6) is 1.03. The third-order valence-electron chi connectivity index (χ3n) is 2.73. The molecule has 4 nitrogen and oxygen atoms in total. The summed E-state index contributed by atoms with van der Waals surface area (Å²) in [5, 5.41) is 9.28. The SMILES string of the molecule is CCc1cc2c(nc(CC)n3cnnc23)s1. The van der Waals surface area contributed by atoms with E-state index in [1.165, 1.54) is 4.88 Å². The second-order valence-electron chi connectivity index (χ2n) is 3.69. The fourth-order valence-electron chi connectivity index (χ4n) is 1.88. The molecule has 0 aliphatic heterocycles. The van der Waals surface area contributed by atoms with E-state index in [9.17, 15) is 0 Å². The zero-order valence-electron chi connectivity index (χ0n) is 9.27. The number of hydrogen-bond acceptors (Lipinski definition) is 4. The third-order valence-corrected chi connectivity index (χ3v) is 3.90. The first-order chi connectivity index (χ1) is 7.83. The second kappa shape index (κ2) is 3.52. The van der Waals surface area contributed by atoms with E-state index in [0.29, 0.717) is 0 Å². The van der Waals surface area contributed by atoms with Gasteiger partial charge in [0.15, 0.2) is 5.65 Å². The van der Waals surface area contributed by atoms with E-state index in [2.05, 4.69) is 35.1 Å². The van der Waals surface area contributed by atoms with Crippen LogP contribution in [0.25, 0.3) is 15.9 Å². The number of nitrogens with zero attached hydrogens (tertiary/aromatic N) is 4. The van der Waals surface area contributed by atoms with Gasteiger partial charge in [-0.3, -0.25) is 4.40 Å². The lowest BCUT2D eigenvalue weighted by Crippen LogP contribution is -1.97. The van der Waals surface area contributed by atoms with Gasteiger partial charge < -0.3 is 0 Å². The lowest BCUT2D eigenvalue weighted by atomic mass is 10.3. The van der Waals surface area contributed by atoms with E-state index < -0.39 is 0 Å². The van der Waals surface area contributed by atoms with Gasteiger partial charge in [0.25, 0.3) is 0 Å². The Balaban J connectivity index is 2.46. The summed E-state index contributed by atoms with van der Waals surface area (Å²) < 4.78 is 1.98. The van der Waals surface area contributed by atoms with E-state index in [0.717, 1.165) is 34.5 Å². The van der Waals surface area contributed by atoms with Crippen molar-refractivity contribution in [3.8, 4) is 0 Å². The molecule has 3 heterocycles. The zero-order valence-corrected chi connectivity index (χ0v) is 10.1. The Morgan fingerprint density at radius 3 is 2.94 bits per heavy atom. The first kappa shape index (κ1) is 9.72. The molecule has 0 saturated heterocycles. The molecule has 3 aromatic rings. The summed E-state index contributed by atoms with van der Waals surface area (Å²) in [7, 11) is 0. The fourth-order valence-corrected chi connectivity index (χ4v) is 2.86. The molecule has 16 heavy (non-hydrogen) atoms. The Hall–Kier alpha value is -1.49. The first-order valence-electron chi connectivity index (χ1n) is 5.44. The summed E-state index contributed by atoms with van der Waals surface area (Å²) in [6.45, 7) is 4.26. The molecule has 3 rings (SSSR count). The maximum absolute atomic E-state index is 4.66. The van der Waals surface area contributed by atoms with Crippen LogP contribution in [0.15, 0.2) is 12.4 Å². The highest BCUT2D eigenvalue weighted by Gasteiger charge is 2.11. The van der Waals surface area contributed by atoms with Gasteiger partial charge in [-0.15, -0.1) is 21.5 Å². The molecule has 0 aromatic carbocycles. The quantitative estimate of drug-likeness (QED) is 0.681. The lowest BCUT2D eigenvalue weighted by Gasteiger charge is -2.00. The largest absolute Gasteiger partial charge is 0.269 e. The van der Waals surface area contributed by atoms with E-state index in [4.69, 9.17) is 0 Å². The van der Waals surface area contributed by atoms with E-state index in [-0.39, 0.29) is 0 Å². The Morgan fingerprint density at radius 2 is 2.19 bits per heavy atom. The van der Waals surface area contributed by atoms with E-state index >= 15 is 0 Å². The van der Waals surface area contributed by atoms with E-state index in [1.54, 1.807) is 17.7 Å². The van der Waals surface area contributed by atoms with Crippen LogP contribution in [0.3, 0.4) is 0 Å². The molecule has 0 aliphatic rings. The first-order valence-corrected chi connectivity index (χ1v) is 6.26. The van der Waals surface area contributed by atoms with Gasteiger partial charge in [-0.25, -0.2) is 4.98 Å². The maximum Gasteiger partial charge on any atom is 0.172 e. The van der Waals surface area contributed by atoms with Crippen molar-refractivity contribution in [2.45, 2.75) is 26.7 Å². The number of rotatable bonds is 2. The molecule has 0 fully saturated rings. The topological polar surface area (TPSA) is 43.1 Å². The minimum Gasteiger partial charge on any atom is -0.269 e. The number of aromatic nitrogens is 4. The van der Waals surface area contributed by atoms with Crippen LogP contribution in [0.4, 0.5) is 0 Å². The summed E-state index contributed by atoms with van der Waals surface area (Å²) in [5.41, 5.74) is 0.929. The second-order valence-corrected chi connectivity index (χ2v) is 4.81. The van der Waals surface area contributed by atoms with Gasteiger partial charge in [0.2, 0.25) is 0 Å². The van der Waals surface area contributed by atoms with Crippen LogP contribution in [0.1, 0.15) is 24.5 Å². The summed E-state index contributed by atoms with van der Waals surface area (Å²) in [6, 6.07) is 2.18. The minimum absolute atomic E-state index is 0.893. The standard InChI is InChI=1S/C11H12N4S/c1-3-7-5-8-10-14-12-6-15(10)9(4-2)13-11(8)16-7/h5-6H,3-4H2,1-2H3. The van der Waals surface area contributed by atoms with Crippen LogP contribution >= 0.6 is 11.3 Å². The molecule has 0 aliphatic carbocycles. The highest BCUT2D eigenvalue weighted by atomic mass is 32.1. The molecule has 0 spiro atoms. The van der Waals surface area contributed by atoms with Gasteiger partial charge in [-0.2, -0.15) is 0 Å². The van der Waals surface area contributed by atoms with Gasteiger partial charge in [0.05, 0.1) is 5.39 Å². The van der Waals surface area contributed by atoms with Crippen LogP contribution in [0.5, 0.6) is 0 Å². The van der Waals surface area contributed by atoms with Crippen molar-refractivity contribution in [1.29, 1.82) is 0 Å². The monoisotopic (exact) mass is 232 g/mol. The molecule has 0 N–H and O–H groups in total. The Bertz CT molecular complexity index is 652. The van der Waals surface area contributed by atoms with Crippen molar-refractivity contribution >= 4 is 27.2 Å². The van der Waals surface area contributed by atoms with Crippen molar-refractivity contribution in [2.24, 2.45) is 0 Å². The number of fused-ring (bicyclic) bond motifs is 3. The zero-order chi connectivity index (χ0) is 11.1. The molecule has 0 bridgehead atoms. The summed E-state index contributed by atoms with van der Waals surface area (Å²) in [4.78, 5) is 7.09. The normalized spacial score (nSPS) is 11.6. The van der Waals surface area contributed by atoms with Crippen molar-refractivity contribution in [2.75, 3.05) is 0 Å².